The van der Waals surface area contributed by atoms with Crippen molar-refractivity contribution in [1.29, 1.82) is 0 Å². The van der Waals surface area contributed by atoms with Crippen LogP contribution in [0.15, 0.2) is 133 Å². The van der Waals surface area contributed by atoms with E-state index >= 15 is 0 Å². The predicted molar refractivity (Wildman–Crippen MR) is 262 cm³/mol. The van der Waals surface area contributed by atoms with E-state index in [1.807, 2.05) is 0 Å². The number of hydrogen-bond acceptors (Lipinski definition) is 3. The van der Waals surface area contributed by atoms with Gasteiger partial charge in [-0.1, -0.05) is 134 Å². The first-order valence-corrected chi connectivity index (χ1v) is 20.6. The maximum atomic E-state index is 10.3. The molecule has 0 saturated carbocycles. The molecule has 0 spiro atoms. The zero-order valence-electron chi connectivity index (χ0n) is 56.6. The molecule has 9 aromatic rings. The maximum Gasteiger partial charge on any atom is 0.0887 e. The Labute approximate surface area is 394 Å². The first-order valence-electron chi connectivity index (χ1n) is 30.4. The van der Waals surface area contributed by atoms with E-state index in [1.165, 1.54) is 11.5 Å². The molecule has 0 saturated heterocycles. The second-order valence-corrected chi connectivity index (χ2v) is 19.4. The molecule has 0 unspecified atom stereocenters. The van der Waals surface area contributed by atoms with Gasteiger partial charge in [0.1, 0.15) is 0 Å². The Morgan fingerprint density at radius 2 is 1.17 bits per heavy atom. The van der Waals surface area contributed by atoms with Gasteiger partial charge in [-0.3, -0.25) is 0 Å². The van der Waals surface area contributed by atoms with Crippen LogP contribution in [-0.4, -0.2) is 4.57 Å². The molecule has 0 aliphatic carbocycles. The fraction of sp³-hybridized carbons (Fsp3) is 0.236. The molecule has 0 atom stereocenters. The summed E-state index contributed by atoms with van der Waals surface area (Å²) in [5.74, 6) is 0. The SMILES string of the molecule is [2H]c1c([2H])c([2H])c2c(c1[2H])N(c1c([2H])c(C)c([2H])c(N(c3c([2H])c([2H])c(C(C)(C)C)c([2H])c3[2H])c3c([2H])c([2H])c([2H])c4c3sc3c([2H])c([2H])c([2H])c([2H])c34)c1Cl)c1c([2H])c(C(C)(C)C)c([2H])c3c4c([2H])c(C(C)(C)C)c([2H])c([2H])c4n-2c13. The number of halogens is 1. The van der Waals surface area contributed by atoms with E-state index in [9.17, 15) is 23.3 Å². The molecular formula is C55H52ClN3S. The lowest BCUT2D eigenvalue weighted by Crippen LogP contribution is -2.21. The van der Waals surface area contributed by atoms with Crippen molar-refractivity contribution >= 4 is 99.0 Å². The van der Waals surface area contributed by atoms with Crippen molar-refractivity contribution in [3.05, 3.63) is 160 Å². The highest BCUT2D eigenvalue weighted by Crippen LogP contribution is 2.55. The molecule has 300 valence electrons. The third-order valence-electron chi connectivity index (χ3n) is 10.5. The van der Waals surface area contributed by atoms with Crippen LogP contribution in [0, 0.1) is 6.92 Å². The third kappa shape index (κ3) is 6.05. The lowest BCUT2D eigenvalue weighted by Gasteiger charge is -2.36. The minimum absolute atomic E-state index is 0.0391. The summed E-state index contributed by atoms with van der Waals surface area (Å²) in [4.78, 5) is 2.03. The zero-order valence-corrected chi connectivity index (χ0v) is 36.2. The van der Waals surface area contributed by atoms with Crippen LogP contribution in [0.1, 0.15) is 115 Å². The molecule has 1 aliphatic rings. The molecular weight excluding hydrogens is 770 g/mol. The average molecular weight is 845 g/mol. The van der Waals surface area contributed by atoms with Gasteiger partial charge in [-0.05, 0) is 118 Å². The number of fused-ring (bicyclic) bond motifs is 8. The van der Waals surface area contributed by atoms with Crippen LogP contribution in [-0.2, 0) is 16.2 Å². The number of thiophene rings is 1. The number of hydrogen-bond donors (Lipinski definition) is 0. The van der Waals surface area contributed by atoms with Crippen molar-refractivity contribution in [3.8, 4) is 5.69 Å². The molecule has 3 heterocycles. The topological polar surface area (TPSA) is 11.4 Å². The second-order valence-electron chi connectivity index (χ2n) is 18.0. The number of benzene rings is 7. The monoisotopic (exact) mass is 843 g/mol. The Balaban J connectivity index is 1.51. The minimum atomic E-state index is -1.10. The highest BCUT2D eigenvalue weighted by atomic mass is 35.5. The zero-order chi connectivity index (χ0) is 61.2. The van der Waals surface area contributed by atoms with E-state index in [2.05, 4.69) is 0 Å². The van der Waals surface area contributed by atoms with Gasteiger partial charge in [-0.2, -0.15) is 0 Å². The largest absolute Gasteiger partial charge is 0.307 e. The van der Waals surface area contributed by atoms with Gasteiger partial charge in [0.25, 0.3) is 0 Å². The van der Waals surface area contributed by atoms with E-state index in [4.69, 9.17) is 18.5 Å². The Hall–Kier alpha value is -5.55. The Morgan fingerprint density at radius 3 is 1.88 bits per heavy atom. The average Bonchev–Trinajstić information content (AvgIpc) is 1.55. The molecule has 0 amide bonds. The number of rotatable bonds is 4. The van der Waals surface area contributed by atoms with Crippen molar-refractivity contribution in [2.75, 3.05) is 9.80 Å². The number of anilines is 6. The Bertz CT molecular complexity index is 4440. The maximum absolute atomic E-state index is 10.3. The van der Waals surface area contributed by atoms with Crippen molar-refractivity contribution < 1.29 is 30.2 Å². The standard InChI is InChI=1S/C55H52ClN3S/c1-33-28-46(57(37-25-22-34(23-26-37)53(2,3)4)45-20-15-17-39-38-16-11-14-21-49(38)60-52(39)45)50(56)47(29-33)58-43-18-12-13-19-44(43)59-42-27-24-35(54(5,6)7)30-40(42)41-31-36(55(8,9)10)32-48(58)51(41)59/h11-32H,1-10H3/i11D,12D,13D,14D,15D,16D,17D,18D,19D,20D,21D,22D,23D,24D,25D,26D,27D,28D,29D,30D,31D,32D. The van der Waals surface area contributed by atoms with E-state index in [0.29, 0.717) is 11.3 Å². The summed E-state index contributed by atoms with van der Waals surface area (Å²) < 4.78 is 210. The number of para-hydroxylation sites is 2. The smallest absolute Gasteiger partial charge is 0.0887 e. The second kappa shape index (κ2) is 13.5. The quantitative estimate of drug-likeness (QED) is 0.175. The van der Waals surface area contributed by atoms with Gasteiger partial charge >= 0.3 is 0 Å². The van der Waals surface area contributed by atoms with E-state index < -0.39 is 170 Å². The van der Waals surface area contributed by atoms with E-state index in [-0.39, 0.29) is 88.0 Å². The van der Waals surface area contributed by atoms with E-state index in [1.54, 1.807) is 62.3 Å². The Morgan fingerprint density at radius 1 is 0.533 bits per heavy atom. The van der Waals surface area contributed by atoms with Gasteiger partial charge in [0.15, 0.2) is 0 Å². The molecule has 0 fully saturated rings. The first-order chi connectivity index (χ1) is 37.7. The minimum Gasteiger partial charge on any atom is -0.307 e. The summed E-state index contributed by atoms with van der Waals surface area (Å²) in [6.45, 7) is 16.8. The van der Waals surface area contributed by atoms with Crippen LogP contribution in [0.3, 0.4) is 0 Å². The molecule has 5 heteroatoms. The summed E-state index contributed by atoms with van der Waals surface area (Å²) in [6, 6.07) is -13.5. The van der Waals surface area contributed by atoms with Gasteiger partial charge in [-0.25, -0.2) is 0 Å². The molecule has 60 heavy (non-hydrogen) atoms. The van der Waals surface area contributed by atoms with Crippen LogP contribution >= 0.6 is 22.9 Å². The molecule has 3 nitrogen and oxygen atoms in total. The van der Waals surface area contributed by atoms with Crippen LogP contribution in [0.4, 0.5) is 34.1 Å². The molecule has 10 rings (SSSR count). The molecule has 0 N–H and O–H groups in total. The molecule has 0 bridgehead atoms. The molecule has 0 radical (unpaired) electrons. The Kier molecular flexibility index (Phi) is 4.79. The lowest BCUT2D eigenvalue weighted by molar-refractivity contribution is 0.590. The van der Waals surface area contributed by atoms with Crippen LogP contribution in [0.5, 0.6) is 0 Å². The van der Waals surface area contributed by atoms with Crippen molar-refractivity contribution in [2.24, 2.45) is 0 Å². The summed E-state index contributed by atoms with van der Waals surface area (Å²) >= 11 is 8.57. The van der Waals surface area contributed by atoms with Crippen molar-refractivity contribution in [1.82, 2.24) is 4.57 Å². The predicted octanol–water partition coefficient (Wildman–Crippen LogP) is 17.3. The fourth-order valence-electron chi connectivity index (χ4n) is 7.38. The summed E-state index contributed by atoms with van der Waals surface area (Å²) in [5.41, 5.74) is -7.03. The van der Waals surface area contributed by atoms with Gasteiger partial charge in [0.05, 0.1) is 85.0 Å². The van der Waals surface area contributed by atoms with Gasteiger partial charge in [0, 0.05) is 31.9 Å². The number of nitrogens with zero attached hydrogens (tertiary/aromatic N) is 3. The van der Waals surface area contributed by atoms with E-state index in [0.717, 1.165) is 9.80 Å². The van der Waals surface area contributed by atoms with Gasteiger partial charge in [-0.15, -0.1) is 11.3 Å². The van der Waals surface area contributed by atoms with Gasteiger partial charge < -0.3 is 14.4 Å². The first kappa shape index (κ1) is 21.3. The lowest BCUT2D eigenvalue weighted by atomic mass is 9.84. The summed E-state index contributed by atoms with van der Waals surface area (Å²) in [7, 11) is 0. The van der Waals surface area contributed by atoms with Crippen LogP contribution in [0.2, 0.25) is 5.02 Å². The molecule has 2 aromatic heterocycles. The molecule has 1 aliphatic heterocycles. The van der Waals surface area contributed by atoms with Crippen molar-refractivity contribution in [3.63, 3.8) is 0 Å². The van der Waals surface area contributed by atoms with Crippen LogP contribution < -0.4 is 9.80 Å². The highest BCUT2D eigenvalue weighted by molar-refractivity contribution is 7.26. The fourth-order valence-corrected chi connectivity index (χ4v) is 8.70. The van der Waals surface area contributed by atoms with Crippen molar-refractivity contribution in [2.45, 2.75) is 85.5 Å². The molecule has 7 aromatic carbocycles. The number of aromatic nitrogens is 1. The highest BCUT2D eigenvalue weighted by Gasteiger charge is 2.34. The summed E-state index contributed by atoms with van der Waals surface area (Å²) in [5, 5.41) is -1.26. The normalized spacial score (nSPS) is 18.4. The van der Waals surface area contributed by atoms with Crippen LogP contribution in [0.25, 0.3) is 47.7 Å². The third-order valence-corrected chi connectivity index (χ3v) is 11.9. The summed E-state index contributed by atoms with van der Waals surface area (Å²) in [6.07, 6.45) is 0. The van der Waals surface area contributed by atoms with Gasteiger partial charge in [0.2, 0.25) is 0 Å².